The Morgan fingerprint density at radius 3 is 1.93 bits per heavy atom. The van der Waals surface area contributed by atoms with Crippen molar-refractivity contribution in [1.82, 2.24) is 10.2 Å². The summed E-state index contributed by atoms with van der Waals surface area (Å²) in [6.07, 6.45) is 0. The van der Waals surface area contributed by atoms with Crippen LogP contribution in [0.25, 0.3) is 0 Å². The second-order valence-corrected chi connectivity index (χ2v) is 4.50. The van der Waals surface area contributed by atoms with Gasteiger partial charge in [-0.25, -0.2) is 4.79 Å². The molecular weight excluding hydrogens is 192 g/mol. The van der Waals surface area contributed by atoms with Gasteiger partial charge in [0.2, 0.25) is 0 Å². The summed E-state index contributed by atoms with van der Waals surface area (Å²) in [5, 5.41) is 2.63. The van der Waals surface area contributed by atoms with E-state index < -0.39 is 5.41 Å². The molecule has 0 aliphatic heterocycles. The Balaban J connectivity index is 4.06. The first-order chi connectivity index (χ1) is 6.82. The molecular formula is C11H22N2O2. The van der Waals surface area contributed by atoms with Crippen LogP contribution < -0.4 is 5.32 Å². The van der Waals surface area contributed by atoms with Crippen LogP contribution in [0.1, 0.15) is 34.6 Å². The minimum atomic E-state index is -0.392. The maximum absolute atomic E-state index is 11.5. The Bertz CT molecular complexity index is 227. The van der Waals surface area contributed by atoms with E-state index in [0.717, 1.165) is 0 Å². The number of hydrogen-bond donors (Lipinski definition) is 1. The average Bonchev–Trinajstić information content (AvgIpc) is 2.14. The summed E-state index contributed by atoms with van der Waals surface area (Å²) in [6.45, 7) is 10.8. The van der Waals surface area contributed by atoms with Crippen molar-refractivity contribution in [1.29, 1.82) is 0 Å². The fourth-order valence-corrected chi connectivity index (χ4v) is 1.04. The molecule has 0 fully saturated rings. The smallest absolute Gasteiger partial charge is 0.317 e. The van der Waals surface area contributed by atoms with Gasteiger partial charge in [-0.3, -0.25) is 4.79 Å². The van der Waals surface area contributed by atoms with E-state index in [-0.39, 0.29) is 18.4 Å². The Kier molecular flexibility index (Phi) is 5.33. The van der Waals surface area contributed by atoms with Gasteiger partial charge in [0.05, 0.1) is 6.54 Å². The van der Waals surface area contributed by atoms with Crippen molar-refractivity contribution in [3.05, 3.63) is 0 Å². The maximum atomic E-state index is 11.5. The van der Waals surface area contributed by atoms with Crippen LogP contribution in [0.3, 0.4) is 0 Å². The lowest BCUT2D eigenvalue weighted by Gasteiger charge is -2.21. The van der Waals surface area contributed by atoms with Gasteiger partial charge in [-0.05, 0) is 13.8 Å². The molecule has 0 atom stereocenters. The third-order valence-electron chi connectivity index (χ3n) is 2.29. The lowest BCUT2D eigenvalue weighted by molar-refractivity contribution is -0.125. The summed E-state index contributed by atoms with van der Waals surface area (Å²) in [7, 11) is 0. The van der Waals surface area contributed by atoms with Crippen molar-refractivity contribution in [2.75, 3.05) is 19.6 Å². The zero-order chi connectivity index (χ0) is 12.1. The van der Waals surface area contributed by atoms with Crippen LogP contribution >= 0.6 is 0 Å². The summed E-state index contributed by atoms with van der Waals surface area (Å²) in [5.74, 6) is 0.0445. The summed E-state index contributed by atoms with van der Waals surface area (Å²) in [5.41, 5.74) is -0.392. The van der Waals surface area contributed by atoms with E-state index in [1.807, 2.05) is 34.6 Å². The fourth-order valence-electron chi connectivity index (χ4n) is 1.04. The first-order valence-electron chi connectivity index (χ1n) is 5.39. The van der Waals surface area contributed by atoms with E-state index in [2.05, 4.69) is 5.32 Å². The number of amides is 2. The molecule has 0 aromatic heterocycles. The van der Waals surface area contributed by atoms with Crippen LogP contribution in [0, 0.1) is 5.41 Å². The van der Waals surface area contributed by atoms with Crippen molar-refractivity contribution in [2.45, 2.75) is 34.6 Å². The predicted molar refractivity (Wildman–Crippen MR) is 60.8 cm³/mol. The van der Waals surface area contributed by atoms with Gasteiger partial charge in [0.1, 0.15) is 0 Å². The lowest BCUT2D eigenvalue weighted by atomic mass is 9.91. The molecule has 0 saturated heterocycles. The van der Waals surface area contributed by atoms with Gasteiger partial charge in [-0.2, -0.15) is 0 Å². The molecule has 4 heteroatoms. The molecule has 15 heavy (non-hydrogen) atoms. The number of carbonyl (C=O) groups is 2. The Morgan fingerprint density at radius 1 is 1.13 bits per heavy atom. The highest BCUT2D eigenvalue weighted by molar-refractivity contribution is 5.88. The third kappa shape index (κ3) is 4.81. The highest BCUT2D eigenvalue weighted by Gasteiger charge is 2.21. The van der Waals surface area contributed by atoms with Crippen molar-refractivity contribution in [2.24, 2.45) is 5.41 Å². The molecule has 0 rings (SSSR count). The minimum Gasteiger partial charge on any atom is -0.331 e. The molecule has 0 aliphatic carbocycles. The highest BCUT2D eigenvalue weighted by Crippen LogP contribution is 2.13. The number of rotatable bonds is 4. The average molecular weight is 214 g/mol. The van der Waals surface area contributed by atoms with Gasteiger partial charge in [0, 0.05) is 18.5 Å². The van der Waals surface area contributed by atoms with E-state index in [0.29, 0.717) is 13.1 Å². The summed E-state index contributed by atoms with van der Waals surface area (Å²) in [6, 6.07) is -0.169. The van der Waals surface area contributed by atoms with Crippen molar-refractivity contribution in [3.63, 3.8) is 0 Å². The van der Waals surface area contributed by atoms with Crippen molar-refractivity contribution < 1.29 is 9.59 Å². The van der Waals surface area contributed by atoms with Crippen LogP contribution in [0.5, 0.6) is 0 Å². The molecule has 1 N–H and O–H groups in total. The zero-order valence-electron chi connectivity index (χ0n) is 10.4. The first kappa shape index (κ1) is 13.9. The molecule has 0 aromatic rings. The number of urea groups is 1. The van der Waals surface area contributed by atoms with E-state index >= 15 is 0 Å². The standard InChI is InChI=1S/C11H22N2O2/c1-6-13(7-2)10(15)12-8-9(14)11(3,4)5/h6-8H2,1-5H3,(H,12,15). The van der Waals surface area contributed by atoms with Crippen molar-refractivity contribution >= 4 is 11.8 Å². The molecule has 0 spiro atoms. The minimum absolute atomic E-state index is 0.0445. The Hall–Kier alpha value is -1.06. The van der Waals surface area contributed by atoms with Gasteiger partial charge in [-0.15, -0.1) is 0 Å². The first-order valence-corrected chi connectivity index (χ1v) is 5.39. The summed E-state index contributed by atoms with van der Waals surface area (Å²) in [4.78, 5) is 24.7. The number of Topliss-reactive ketones (excluding diaryl/α,β-unsaturated/α-hetero) is 1. The van der Waals surface area contributed by atoms with Gasteiger partial charge in [0.15, 0.2) is 5.78 Å². The molecule has 0 aromatic carbocycles. The normalized spacial score (nSPS) is 11.0. The lowest BCUT2D eigenvalue weighted by Crippen LogP contribution is -2.43. The van der Waals surface area contributed by atoms with Crippen LogP contribution in [-0.2, 0) is 4.79 Å². The Morgan fingerprint density at radius 2 is 1.60 bits per heavy atom. The molecule has 0 aliphatic rings. The van der Waals surface area contributed by atoms with Crippen molar-refractivity contribution in [3.8, 4) is 0 Å². The molecule has 2 amide bonds. The highest BCUT2D eigenvalue weighted by atomic mass is 16.2. The maximum Gasteiger partial charge on any atom is 0.317 e. The van der Waals surface area contributed by atoms with Gasteiger partial charge in [-0.1, -0.05) is 20.8 Å². The van der Waals surface area contributed by atoms with E-state index in [1.165, 1.54) is 0 Å². The molecule has 4 nitrogen and oxygen atoms in total. The number of hydrogen-bond acceptors (Lipinski definition) is 2. The second kappa shape index (κ2) is 5.73. The zero-order valence-corrected chi connectivity index (χ0v) is 10.4. The van der Waals surface area contributed by atoms with Crippen LogP contribution in [-0.4, -0.2) is 36.3 Å². The van der Waals surface area contributed by atoms with E-state index in [1.54, 1.807) is 4.90 Å². The summed E-state index contributed by atoms with van der Waals surface area (Å²) < 4.78 is 0. The number of ketones is 1. The topological polar surface area (TPSA) is 49.4 Å². The number of carbonyl (C=O) groups excluding carboxylic acids is 2. The molecule has 0 heterocycles. The van der Waals surface area contributed by atoms with Gasteiger partial charge in [0.25, 0.3) is 0 Å². The molecule has 0 bridgehead atoms. The quantitative estimate of drug-likeness (QED) is 0.773. The molecule has 0 radical (unpaired) electrons. The third-order valence-corrected chi connectivity index (χ3v) is 2.29. The fraction of sp³-hybridized carbons (Fsp3) is 0.818. The largest absolute Gasteiger partial charge is 0.331 e. The predicted octanol–water partition coefficient (Wildman–Crippen LogP) is 1.65. The van der Waals surface area contributed by atoms with Crippen LogP contribution in [0.2, 0.25) is 0 Å². The van der Waals surface area contributed by atoms with E-state index in [9.17, 15) is 9.59 Å². The van der Waals surface area contributed by atoms with Crippen LogP contribution in [0.4, 0.5) is 4.79 Å². The molecule has 88 valence electrons. The monoisotopic (exact) mass is 214 g/mol. The number of nitrogens with zero attached hydrogens (tertiary/aromatic N) is 1. The second-order valence-electron chi connectivity index (χ2n) is 4.50. The Labute approximate surface area is 92.0 Å². The van der Waals surface area contributed by atoms with Crippen LogP contribution in [0.15, 0.2) is 0 Å². The van der Waals surface area contributed by atoms with E-state index in [4.69, 9.17) is 0 Å². The molecule has 0 saturated carbocycles. The SMILES string of the molecule is CCN(CC)C(=O)NCC(=O)C(C)(C)C. The van der Waals surface area contributed by atoms with Gasteiger partial charge < -0.3 is 10.2 Å². The molecule has 0 unspecified atom stereocenters. The number of nitrogens with one attached hydrogen (secondary N) is 1. The van der Waals surface area contributed by atoms with Gasteiger partial charge >= 0.3 is 6.03 Å². The summed E-state index contributed by atoms with van der Waals surface area (Å²) >= 11 is 0.